The Balaban J connectivity index is 1.49. The highest BCUT2D eigenvalue weighted by Gasteiger charge is 2.06. The third kappa shape index (κ3) is 3.71. The first-order chi connectivity index (χ1) is 12.7. The molecule has 5 nitrogen and oxygen atoms in total. The van der Waals surface area contributed by atoms with Crippen molar-refractivity contribution >= 4 is 56.0 Å². The molecule has 0 spiro atoms. The van der Waals surface area contributed by atoms with Crippen molar-refractivity contribution in [3.05, 3.63) is 70.8 Å². The summed E-state index contributed by atoms with van der Waals surface area (Å²) in [5.74, 6) is 1.36. The lowest BCUT2D eigenvalue weighted by Gasteiger charge is -2.11. The molecule has 0 saturated carbocycles. The minimum absolute atomic E-state index is 0.606. The van der Waals surface area contributed by atoms with E-state index in [-0.39, 0.29) is 0 Å². The minimum atomic E-state index is 0.606. The van der Waals surface area contributed by atoms with Crippen molar-refractivity contribution in [2.24, 2.45) is 0 Å². The van der Waals surface area contributed by atoms with Crippen molar-refractivity contribution in [2.45, 2.75) is 6.54 Å². The summed E-state index contributed by atoms with van der Waals surface area (Å²) in [6, 6.07) is 15.3. The molecule has 3 heterocycles. The first-order valence-electron chi connectivity index (χ1n) is 8.03. The quantitative estimate of drug-likeness (QED) is 0.438. The predicted octanol–water partition coefficient (Wildman–Crippen LogP) is 5.28. The zero-order chi connectivity index (χ0) is 17.9. The van der Waals surface area contributed by atoms with Gasteiger partial charge in [0, 0.05) is 38.1 Å². The van der Waals surface area contributed by atoms with Crippen LogP contribution in [-0.4, -0.2) is 9.97 Å². The number of benzene rings is 1. The van der Waals surface area contributed by atoms with Crippen molar-refractivity contribution in [2.75, 3.05) is 16.4 Å². The summed E-state index contributed by atoms with van der Waals surface area (Å²) >= 11 is 7.65. The summed E-state index contributed by atoms with van der Waals surface area (Å²) in [6.45, 7) is 0.654. The molecule has 0 fully saturated rings. The molecule has 0 aliphatic rings. The zero-order valence-electron chi connectivity index (χ0n) is 13.7. The number of halogens is 1. The van der Waals surface area contributed by atoms with Gasteiger partial charge in [-0.05, 0) is 48.5 Å². The molecule has 0 aliphatic carbocycles. The third-order valence-electron chi connectivity index (χ3n) is 3.84. The molecule has 130 valence electrons. The Bertz CT molecular complexity index is 1010. The van der Waals surface area contributed by atoms with E-state index in [9.17, 15) is 0 Å². The Morgan fingerprint density at radius 2 is 1.92 bits per heavy atom. The van der Waals surface area contributed by atoms with Gasteiger partial charge >= 0.3 is 0 Å². The molecule has 0 atom stereocenters. The Kier molecular flexibility index (Phi) is 4.60. The van der Waals surface area contributed by atoms with Crippen LogP contribution in [0.25, 0.3) is 10.1 Å². The van der Waals surface area contributed by atoms with Crippen LogP contribution in [0.2, 0.25) is 5.02 Å². The van der Waals surface area contributed by atoms with Gasteiger partial charge in [-0.3, -0.25) is 4.98 Å². The van der Waals surface area contributed by atoms with Crippen molar-refractivity contribution in [1.29, 1.82) is 0 Å². The van der Waals surface area contributed by atoms with Gasteiger partial charge in [0.05, 0.1) is 12.2 Å². The highest BCUT2D eigenvalue weighted by atomic mass is 35.5. The van der Waals surface area contributed by atoms with E-state index in [1.54, 1.807) is 11.3 Å². The molecule has 0 amide bonds. The number of fused-ring (bicyclic) bond motifs is 1. The molecule has 4 rings (SSSR count). The number of nitrogen functional groups attached to an aromatic ring is 1. The first kappa shape index (κ1) is 16.6. The second-order valence-electron chi connectivity index (χ2n) is 5.75. The number of aromatic nitrogens is 2. The van der Waals surface area contributed by atoms with E-state index in [2.05, 4.69) is 26.7 Å². The molecule has 7 heteroatoms. The molecule has 0 bridgehead atoms. The van der Waals surface area contributed by atoms with Gasteiger partial charge in [-0.25, -0.2) is 4.98 Å². The van der Waals surface area contributed by atoms with Crippen LogP contribution in [0.5, 0.6) is 0 Å². The van der Waals surface area contributed by atoms with Crippen LogP contribution in [0.4, 0.5) is 23.0 Å². The van der Waals surface area contributed by atoms with Crippen LogP contribution in [0.1, 0.15) is 4.88 Å². The van der Waals surface area contributed by atoms with Crippen LogP contribution in [0.15, 0.2) is 60.9 Å². The first-order valence-corrected chi connectivity index (χ1v) is 9.22. The lowest BCUT2D eigenvalue weighted by atomic mass is 10.3. The highest BCUT2D eigenvalue weighted by molar-refractivity contribution is 7.19. The lowest BCUT2D eigenvalue weighted by Crippen LogP contribution is -2.05. The van der Waals surface area contributed by atoms with Crippen molar-refractivity contribution < 1.29 is 0 Å². The Morgan fingerprint density at radius 3 is 2.73 bits per heavy atom. The molecule has 4 N–H and O–H groups in total. The molecule has 26 heavy (non-hydrogen) atoms. The summed E-state index contributed by atoms with van der Waals surface area (Å²) in [7, 11) is 0. The molecule has 0 unspecified atom stereocenters. The second kappa shape index (κ2) is 7.19. The minimum Gasteiger partial charge on any atom is -0.396 e. The largest absolute Gasteiger partial charge is 0.396 e. The smallest absolute Gasteiger partial charge is 0.151 e. The maximum absolute atomic E-state index is 6.07. The number of pyridine rings is 2. The fourth-order valence-corrected chi connectivity index (χ4v) is 3.66. The molecule has 1 aromatic carbocycles. The van der Waals surface area contributed by atoms with Crippen molar-refractivity contribution in [3.63, 3.8) is 0 Å². The average Bonchev–Trinajstić information content (AvgIpc) is 3.07. The van der Waals surface area contributed by atoms with E-state index in [1.165, 1.54) is 9.58 Å². The molecule has 0 aliphatic heterocycles. The van der Waals surface area contributed by atoms with E-state index in [0.29, 0.717) is 28.9 Å². The molecule has 0 radical (unpaired) electrons. The van der Waals surface area contributed by atoms with E-state index in [4.69, 9.17) is 17.3 Å². The van der Waals surface area contributed by atoms with Crippen LogP contribution in [0, 0.1) is 0 Å². The average molecular weight is 382 g/mol. The van der Waals surface area contributed by atoms with Crippen LogP contribution in [0.3, 0.4) is 0 Å². The summed E-state index contributed by atoms with van der Waals surface area (Å²) in [6.07, 6.45) is 3.68. The fraction of sp³-hybridized carbons (Fsp3) is 0.0526. The number of thiophene rings is 1. The number of anilines is 4. The third-order valence-corrected chi connectivity index (χ3v) is 5.21. The van der Waals surface area contributed by atoms with Crippen molar-refractivity contribution in [3.8, 4) is 0 Å². The second-order valence-corrected chi connectivity index (χ2v) is 7.35. The topological polar surface area (TPSA) is 75.9 Å². The molecular formula is C19H16ClN5S. The van der Waals surface area contributed by atoms with Gasteiger partial charge in [-0.15, -0.1) is 11.3 Å². The van der Waals surface area contributed by atoms with Gasteiger partial charge in [-0.2, -0.15) is 0 Å². The summed E-state index contributed by atoms with van der Waals surface area (Å²) in [4.78, 5) is 9.92. The van der Waals surface area contributed by atoms with Gasteiger partial charge in [-0.1, -0.05) is 11.6 Å². The fourth-order valence-electron chi connectivity index (χ4n) is 2.56. The SMILES string of the molecule is Nc1ccc(Nc2ccc(Cl)cc2)nc1NCc1cc2cnccc2s1. The van der Waals surface area contributed by atoms with Gasteiger partial charge in [0.15, 0.2) is 5.82 Å². The molecule has 3 aromatic heterocycles. The standard InChI is InChI=1S/C19H16ClN5S/c20-13-1-3-14(4-2-13)24-18-6-5-16(21)19(25-18)23-11-15-9-12-10-22-8-7-17(12)26-15/h1-10H,11,21H2,(H2,23,24,25). The number of nitrogens with zero attached hydrogens (tertiary/aromatic N) is 2. The Morgan fingerprint density at radius 1 is 1.08 bits per heavy atom. The highest BCUT2D eigenvalue weighted by Crippen LogP contribution is 2.27. The van der Waals surface area contributed by atoms with E-state index < -0.39 is 0 Å². The maximum Gasteiger partial charge on any atom is 0.151 e. The number of hydrogen-bond donors (Lipinski definition) is 3. The number of hydrogen-bond acceptors (Lipinski definition) is 6. The summed E-state index contributed by atoms with van der Waals surface area (Å²) in [5, 5.41) is 8.41. The van der Waals surface area contributed by atoms with E-state index >= 15 is 0 Å². The lowest BCUT2D eigenvalue weighted by molar-refractivity contribution is 1.14. The summed E-state index contributed by atoms with van der Waals surface area (Å²) in [5.41, 5.74) is 7.58. The summed E-state index contributed by atoms with van der Waals surface area (Å²) < 4.78 is 1.22. The van der Waals surface area contributed by atoms with E-state index in [0.717, 1.165) is 11.1 Å². The monoisotopic (exact) mass is 381 g/mol. The number of nitrogens with two attached hydrogens (primary N) is 1. The van der Waals surface area contributed by atoms with Crippen LogP contribution < -0.4 is 16.4 Å². The van der Waals surface area contributed by atoms with Gasteiger partial charge in [0.25, 0.3) is 0 Å². The molecule has 0 saturated heterocycles. The van der Waals surface area contributed by atoms with Crippen LogP contribution in [-0.2, 0) is 6.54 Å². The number of rotatable bonds is 5. The Labute approximate surface area is 159 Å². The van der Waals surface area contributed by atoms with Crippen molar-refractivity contribution in [1.82, 2.24) is 9.97 Å². The zero-order valence-corrected chi connectivity index (χ0v) is 15.3. The van der Waals surface area contributed by atoms with Crippen LogP contribution >= 0.6 is 22.9 Å². The molecular weight excluding hydrogens is 366 g/mol. The van der Waals surface area contributed by atoms with Gasteiger partial charge < -0.3 is 16.4 Å². The number of nitrogens with one attached hydrogen (secondary N) is 2. The predicted molar refractivity (Wildman–Crippen MR) is 110 cm³/mol. The molecule has 4 aromatic rings. The van der Waals surface area contributed by atoms with E-state index in [1.807, 2.05) is 54.9 Å². The van der Waals surface area contributed by atoms with Gasteiger partial charge in [0.2, 0.25) is 0 Å². The maximum atomic E-state index is 6.07. The van der Waals surface area contributed by atoms with Gasteiger partial charge in [0.1, 0.15) is 5.82 Å². The normalized spacial score (nSPS) is 10.8. The Hall–Kier alpha value is -2.83.